The molecule has 0 bridgehead atoms. The number of nitrogens with one attached hydrogen (secondary N) is 1. The second-order valence-electron chi connectivity index (χ2n) is 8.55. The van der Waals surface area contributed by atoms with E-state index in [0.717, 1.165) is 19.6 Å². The van der Waals surface area contributed by atoms with Crippen molar-refractivity contribution < 1.29 is 23.8 Å². The highest BCUT2D eigenvalue weighted by Crippen LogP contribution is 2.40. The molecule has 0 radical (unpaired) electrons. The Balaban J connectivity index is 1.46. The molecule has 34 heavy (non-hydrogen) atoms. The van der Waals surface area contributed by atoms with Gasteiger partial charge in [-0.05, 0) is 61.4 Å². The van der Waals surface area contributed by atoms with Gasteiger partial charge in [-0.25, -0.2) is 4.39 Å². The summed E-state index contributed by atoms with van der Waals surface area (Å²) in [4.78, 5) is 26.5. The molecule has 10 heteroatoms. The smallest absolute Gasteiger partial charge is 0.251 e. The number of fused-ring (bicyclic) bond motifs is 2. The average molecular weight is 468 g/mol. The number of ether oxygens (including phenoxy) is 2. The van der Waals surface area contributed by atoms with E-state index in [1.807, 2.05) is 0 Å². The number of nitrogens with zero attached hydrogens (tertiary/aromatic N) is 3. The van der Waals surface area contributed by atoms with Crippen LogP contribution in [-0.2, 0) is 17.9 Å². The van der Waals surface area contributed by atoms with Crippen molar-refractivity contribution in [1.29, 1.82) is 0 Å². The van der Waals surface area contributed by atoms with Gasteiger partial charge in [-0.15, -0.1) is 4.91 Å². The number of hydrogen-bond donors (Lipinski definition) is 2. The summed E-state index contributed by atoms with van der Waals surface area (Å²) in [6, 6.07) is 7.44. The molecule has 2 aliphatic heterocycles. The Hall–Kier alpha value is -3.50. The number of halogens is 1. The maximum atomic E-state index is 14.2. The molecule has 178 valence electrons. The second kappa shape index (κ2) is 9.40. The number of carbonyl (C=O) groups excluding carboxylic acids is 1. The Kier molecular flexibility index (Phi) is 6.16. The van der Waals surface area contributed by atoms with Gasteiger partial charge in [-0.1, -0.05) is 0 Å². The average Bonchev–Trinajstić information content (AvgIpc) is 3.45. The summed E-state index contributed by atoms with van der Waals surface area (Å²) in [6.45, 7) is 3.68. The zero-order valence-corrected chi connectivity index (χ0v) is 18.6. The number of likely N-dealkylation sites (tertiary alicyclic amines) is 1. The Bertz CT molecular complexity index is 1250. The predicted molar refractivity (Wildman–Crippen MR) is 123 cm³/mol. The molecule has 5 rings (SSSR count). The van der Waals surface area contributed by atoms with Crippen LogP contribution in [0.3, 0.4) is 0 Å². The minimum atomic E-state index is -0.467. The number of hydrogen-bond acceptors (Lipinski definition) is 7. The molecule has 1 aromatic heterocycles. The predicted octanol–water partition coefficient (Wildman–Crippen LogP) is 3.62. The summed E-state index contributed by atoms with van der Waals surface area (Å²) in [5.41, 5.74) is 1.72. The summed E-state index contributed by atoms with van der Waals surface area (Å²) in [5, 5.41) is 17.0. The van der Waals surface area contributed by atoms with E-state index in [-0.39, 0.29) is 37.4 Å². The first-order valence-corrected chi connectivity index (χ1v) is 11.3. The molecule has 3 aromatic rings. The van der Waals surface area contributed by atoms with Gasteiger partial charge in [0.1, 0.15) is 11.6 Å². The number of benzene rings is 2. The number of aromatic nitrogens is 1. The lowest BCUT2D eigenvalue weighted by atomic mass is 10.1. The third-order valence-corrected chi connectivity index (χ3v) is 6.36. The van der Waals surface area contributed by atoms with E-state index in [2.05, 4.69) is 15.4 Å². The van der Waals surface area contributed by atoms with Crippen molar-refractivity contribution in [3.8, 4) is 11.6 Å². The summed E-state index contributed by atoms with van der Waals surface area (Å²) in [5.74, 6) is -0.602. The van der Waals surface area contributed by atoms with Crippen molar-refractivity contribution in [2.75, 3.05) is 33.0 Å². The van der Waals surface area contributed by atoms with Crippen LogP contribution in [0.5, 0.6) is 11.6 Å². The van der Waals surface area contributed by atoms with Gasteiger partial charge in [0, 0.05) is 35.2 Å². The van der Waals surface area contributed by atoms with Crippen LogP contribution in [0.1, 0.15) is 34.3 Å². The summed E-state index contributed by atoms with van der Waals surface area (Å²) >= 11 is 0. The molecule has 0 unspecified atom stereocenters. The van der Waals surface area contributed by atoms with E-state index in [1.165, 1.54) is 29.5 Å². The fourth-order valence-corrected chi connectivity index (χ4v) is 4.69. The van der Waals surface area contributed by atoms with Crippen LogP contribution in [0, 0.1) is 10.7 Å². The van der Waals surface area contributed by atoms with Gasteiger partial charge in [0.15, 0.2) is 12.5 Å². The van der Waals surface area contributed by atoms with Gasteiger partial charge in [-0.3, -0.25) is 4.79 Å². The standard InChI is InChI=1S/C24H25FN4O5/c25-18-9-16(22-17(10-18)13-33-14-34-22)12-29-20-11-15(3-4-19(20)21(27-32)24(29)31)23(30)26-5-8-28-6-1-2-7-28/h3-4,9-11,31H,1-2,5-8,12-14H2,(H,26,30). The topological polar surface area (TPSA) is 105 Å². The van der Waals surface area contributed by atoms with Crippen LogP contribution >= 0.6 is 0 Å². The summed E-state index contributed by atoms with van der Waals surface area (Å²) in [6.07, 6.45) is 2.37. The molecule has 9 nitrogen and oxygen atoms in total. The molecule has 0 spiro atoms. The van der Waals surface area contributed by atoms with Gasteiger partial charge >= 0.3 is 0 Å². The number of nitroso groups, excluding NO2 is 1. The van der Waals surface area contributed by atoms with Crippen molar-refractivity contribution in [2.45, 2.75) is 26.0 Å². The summed E-state index contributed by atoms with van der Waals surface area (Å²) < 4.78 is 26.5. The van der Waals surface area contributed by atoms with Gasteiger partial charge < -0.3 is 29.4 Å². The van der Waals surface area contributed by atoms with Gasteiger partial charge in [0.25, 0.3) is 5.91 Å². The van der Waals surface area contributed by atoms with Crippen molar-refractivity contribution in [1.82, 2.24) is 14.8 Å². The molecule has 0 atom stereocenters. The van der Waals surface area contributed by atoms with Crippen LogP contribution in [0.25, 0.3) is 10.9 Å². The van der Waals surface area contributed by atoms with Crippen molar-refractivity contribution in [3.63, 3.8) is 0 Å². The van der Waals surface area contributed by atoms with Crippen molar-refractivity contribution >= 4 is 22.5 Å². The molecule has 2 aliphatic rings. The first-order chi connectivity index (χ1) is 16.5. The lowest BCUT2D eigenvalue weighted by molar-refractivity contribution is -0.0173. The van der Waals surface area contributed by atoms with Gasteiger partial charge in [0.2, 0.25) is 5.88 Å². The number of amides is 1. The molecule has 2 aromatic carbocycles. The number of aromatic hydroxyl groups is 1. The zero-order valence-electron chi connectivity index (χ0n) is 18.6. The Morgan fingerprint density at radius 3 is 2.82 bits per heavy atom. The van der Waals surface area contributed by atoms with Crippen LogP contribution in [0.2, 0.25) is 0 Å². The number of rotatable bonds is 7. The lowest BCUT2D eigenvalue weighted by Gasteiger charge is -2.21. The molecular formula is C24H25FN4O5. The Morgan fingerprint density at radius 1 is 1.21 bits per heavy atom. The molecule has 1 saturated heterocycles. The van der Waals surface area contributed by atoms with E-state index < -0.39 is 5.82 Å². The number of carbonyl (C=O) groups is 1. The highest BCUT2D eigenvalue weighted by atomic mass is 19.1. The van der Waals surface area contributed by atoms with Crippen LogP contribution < -0.4 is 10.1 Å². The largest absolute Gasteiger partial charge is 0.493 e. The minimum absolute atomic E-state index is 0.0119. The quantitative estimate of drug-likeness (QED) is 0.513. The minimum Gasteiger partial charge on any atom is -0.493 e. The van der Waals surface area contributed by atoms with E-state index in [4.69, 9.17) is 9.47 Å². The first kappa shape index (κ1) is 22.3. The third-order valence-electron chi connectivity index (χ3n) is 6.36. The monoisotopic (exact) mass is 468 g/mol. The van der Waals surface area contributed by atoms with E-state index in [0.29, 0.717) is 39.9 Å². The molecule has 0 aliphatic carbocycles. The highest BCUT2D eigenvalue weighted by Gasteiger charge is 2.23. The van der Waals surface area contributed by atoms with Crippen LogP contribution in [0.15, 0.2) is 35.5 Å². The van der Waals surface area contributed by atoms with Gasteiger partial charge in [0.05, 0.1) is 18.7 Å². The van der Waals surface area contributed by atoms with Crippen molar-refractivity contribution in [2.24, 2.45) is 5.18 Å². The fraction of sp³-hybridized carbons (Fsp3) is 0.375. The molecule has 1 fully saturated rings. The van der Waals surface area contributed by atoms with Crippen LogP contribution in [0.4, 0.5) is 10.1 Å². The molecule has 3 heterocycles. The van der Waals surface area contributed by atoms with Gasteiger partial charge in [-0.2, -0.15) is 0 Å². The van der Waals surface area contributed by atoms with E-state index >= 15 is 0 Å². The zero-order chi connectivity index (χ0) is 23.7. The van der Waals surface area contributed by atoms with Crippen LogP contribution in [-0.4, -0.2) is 53.5 Å². The van der Waals surface area contributed by atoms with Crippen molar-refractivity contribution in [3.05, 3.63) is 57.7 Å². The highest BCUT2D eigenvalue weighted by molar-refractivity contribution is 6.02. The Labute approximate surface area is 195 Å². The lowest BCUT2D eigenvalue weighted by Crippen LogP contribution is -2.33. The molecule has 1 amide bonds. The molecule has 0 saturated carbocycles. The summed E-state index contributed by atoms with van der Waals surface area (Å²) in [7, 11) is 0. The molecular weight excluding hydrogens is 443 g/mol. The maximum absolute atomic E-state index is 14.2. The first-order valence-electron chi connectivity index (χ1n) is 11.3. The second-order valence-corrected chi connectivity index (χ2v) is 8.55. The SMILES string of the molecule is O=Nc1c(O)n(Cc2cc(F)cc3c2OCOC3)c2cc(C(=O)NCCN3CCCC3)ccc12. The Morgan fingerprint density at radius 2 is 2.03 bits per heavy atom. The maximum Gasteiger partial charge on any atom is 0.251 e. The fourth-order valence-electron chi connectivity index (χ4n) is 4.69. The van der Waals surface area contributed by atoms with E-state index in [9.17, 15) is 19.2 Å². The molecule has 2 N–H and O–H groups in total. The normalized spacial score (nSPS) is 15.8. The third kappa shape index (κ3) is 4.22. The van der Waals surface area contributed by atoms with E-state index in [1.54, 1.807) is 18.2 Å².